The number of amides is 1. The van der Waals surface area contributed by atoms with Crippen LogP contribution in [-0.2, 0) is 21.2 Å². The summed E-state index contributed by atoms with van der Waals surface area (Å²) < 4.78 is 32.4. The summed E-state index contributed by atoms with van der Waals surface area (Å²) in [4.78, 5) is 17.8. The first-order valence-electron chi connectivity index (χ1n) is 8.67. The minimum Gasteiger partial charge on any atom is -0.440 e. The second kappa shape index (κ2) is 8.26. The second-order valence-corrected chi connectivity index (χ2v) is 9.19. The first-order chi connectivity index (χ1) is 13.2. The number of aryl methyl sites for hydroxylation is 1. The Labute approximate surface area is 167 Å². The van der Waals surface area contributed by atoms with Gasteiger partial charge in [-0.25, -0.2) is 18.1 Å². The Morgan fingerprint density at radius 3 is 2.54 bits per heavy atom. The van der Waals surface area contributed by atoms with E-state index < -0.39 is 10.0 Å². The topological polar surface area (TPSA) is 101 Å². The summed E-state index contributed by atoms with van der Waals surface area (Å²) in [7, 11) is -3.56. The third-order valence-corrected chi connectivity index (χ3v) is 6.32. The van der Waals surface area contributed by atoms with Crippen LogP contribution in [0.15, 0.2) is 51.1 Å². The molecule has 0 saturated carbocycles. The van der Waals surface area contributed by atoms with E-state index in [2.05, 4.69) is 15.0 Å². The van der Waals surface area contributed by atoms with Crippen LogP contribution in [-0.4, -0.2) is 25.4 Å². The first kappa shape index (κ1) is 20.2. The van der Waals surface area contributed by atoms with Gasteiger partial charge in [0.25, 0.3) is 0 Å². The van der Waals surface area contributed by atoms with Crippen molar-refractivity contribution in [2.24, 2.45) is 0 Å². The van der Waals surface area contributed by atoms with Crippen molar-refractivity contribution < 1.29 is 17.6 Å². The van der Waals surface area contributed by atoms with E-state index in [0.717, 1.165) is 4.88 Å². The van der Waals surface area contributed by atoms with Gasteiger partial charge in [-0.3, -0.25) is 4.79 Å². The number of aromatic nitrogens is 1. The van der Waals surface area contributed by atoms with Crippen LogP contribution in [0.1, 0.15) is 25.3 Å². The summed E-state index contributed by atoms with van der Waals surface area (Å²) in [5.41, 5.74) is 1.08. The van der Waals surface area contributed by atoms with Gasteiger partial charge in [0.05, 0.1) is 21.9 Å². The first-order valence-corrected chi connectivity index (χ1v) is 11.0. The molecule has 0 bridgehead atoms. The molecule has 1 aromatic carbocycles. The maximum atomic E-state index is 12.3. The molecule has 0 fully saturated rings. The summed E-state index contributed by atoms with van der Waals surface area (Å²) in [5, 5.41) is 4.68. The van der Waals surface area contributed by atoms with Crippen molar-refractivity contribution >= 4 is 33.0 Å². The molecule has 9 heteroatoms. The molecule has 3 aromatic rings. The molecule has 0 saturated heterocycles. The molecule has 2 N–H and O–H groups in total. The lowest BCUT2D eigenvalue weighted by atomic mass is 10.2. The molecule has 0 spiro atoms. The fourth-order valence-corrected chi connectivity index (χ4v) is 4.45. The summed E-state index contributed by atoms with van der Waals surface area (Å²) in [6.07, 6.45) is 0.0651. The summed E-state index contributed by atoms with van der Waals surface area (Å²) in [5.74, 6) is 0.840. The molecule has 7 nitrogen and oxygen atoms in total. The van der Waals surface area contributed by atoms with E-state index in [-0.39, 0.29) is 23.3 Å². The number of nitrogens with zero attached hydrogens (tertiary/aromatic N) is 1. The van der Waals surface area contributed by atoms with Crippen molar-refractivity contribution in [1.29, 1.82) is 0 Å². The minimum atomic E-state index is -3.56. The van der Waals surface area contributed by atoms with Crippen LogP contribution in [0.3, 0.4) is 0 Å². The number of carbonyl (C=O) groups excluding carboxylic acids is 1. The summed E-state index contributed by atoms with van der Waals surface area (Å²) in [6, 6.07) is 9.64. The highest BCUT2D eigenvalue weighted by Crippen LogP contribution is 2.26. The number of thiophene rings is 1. The molecule has 1 amide bonds. The summed E-state index contributed by atoms with van der Waals surface area (Å²) >= 11 is 1.52. The Morgan fingerprint density at radius 2 is 1.93 bits per heavy atom. The van der Waals surface area contributed by atoms with Gasteiger partial charge in [-0.15, -0.1) is 11.3 Å². The third-order valence-electron chi connectivity index (χ3n) is 3.79. The molecule has 0 aliphatic carbocycles. The Morgan fingerprint density at radius 1 is 1.21 bits per heavy atom. The van der Waals surface area contributed by atoms with Crippen molar-refractivity contribution in [2.75, 3.05) is 5.32 Å². The largest absolute Gasteiger partial charge is 0.440 e. The number of hydrogen-bond acceptors (Lipinski definition) is 6. The van der Waals surface area contributed by atoms with Crippen LogP contribution >= 0.6 is 11.3 Å². The fourth-order valence-electron chi connectivity index (χ4n) is 2.55. The Balaban J connectivity index is 1.66. The van der Waals surface area contributed by atoms with Gasteiger partial charge in [-0.1, -0.05) is 6.07 Å². The van der Waals surface area contributed by atoms with E-state index >= 15 is 0 Å². The average Bonchev–Trinajstić information content (AvgIpc) is 3.24. The predicted octanol–water partition coefficient (Wildman–Crippen LogP) is 3.58. The molecule has 28 heavy (non-hydrogen) atoms. The van der Waals surface area contributed by atoms with E-state index in [4.69, 9.17) is 4.42 Å². The lowest BCUT2D eigenvalue weighted by Crippen LogP contribution is -2.30. The van der Waals surface area contributed by atoms with Gasteiger partial charge in [0.2, 0.25) is 21.8 Å². The molecular formula is C19H21N3O4S2. The number of rotatable bonds is 7. The smallest absolute Gasteiger partial charge is 0.240 e. The number of oxazole rings is 1. The Hall–Kier alpha value is -2.49. The van der Waals surface area contributed by atoms with Gasteiger partial charge in [0.15, 0.2) is 0 Å². The SMILES string of the molecule is Cc1oc(-c2cccs2)nc1CC(=O)Nc1ccc(S(=O)(=O)NC(C)C)cc1. The highest BCUT2D eigenvalue weighted by atomic mass is 32.2. The lowest BCUT2D eigenvalue weighted by molar-refractivity contribution is -0.115. The molecule has 2 heterocycles. The Bertz CT molecular complexity index is 1050. The summed E-state index contributed by atoms with van der Waals surface area (Å²) in [6.45, 7) is 5.28. The zero-order valence-electron chi connectivity index (χ0n) is 15.7. The van der Waals surface area contributed by atoms with Gasteiger partial charge >= 0.3 is 0 Å². The number of hydrogen-bond donors (Lipinski definition) is 2. The second-order valence-electron chi connectivity index (χ2n) is 6.52. The van der Waals surface area contributed by atoms with Gasteiger partial charge in [-0.05, 0) is 56.5 Å². The van der Waals surface area contributed by atoms with Crippen LogP contribution in [0.4, 0.5) is 5.69 Å². The van der Waals surface area contributed by atoms with Crippen molar-refractivity contribution in [3.8, 4) is 10.8 Å². The maximum Gasteiger partial charge on any atom is 0.240 e. The van der Waals surface area contributed by atoms with Gasteiger partial charge in [0, 0.05) is 11.7 Å². The van der Waals surface area contributed by atoms with E-state index in [1.807, 2.05) is 17.5 Å². The quantitative estimate of drug-likeness (QED) is 0.609. The zero-order valence-corrected chi connectivity index (χ0v) is 17.4. The van der Waals surface area contributed by atoms with Crippen molar-refractivity contribution in [3.05, 3.63) is 53.2 Å². The molecule has 2 aromatic heterocycles. The maximum absolute atomic E-state index is 12.3. The molecule has 0 radical (unpaired) electrons. The van der Waals surface area contributed by atoms with Crippen molar-refractivity contribution in [3.63, 3.8) is 0 Å². The van der Waals surface area contributed by atoms with Crippen molar-refractivity contribution in [2.45, 2.75) is 38.1 Å². The van der Waals surface area contributed by atoms with Crippen LogP contribution < -0.4 is 10.0 Å². The average molecular weight is 420 g/mol. The molecule has 0 aliphatic heterocycles. The van der Waals surface area contributed by atoms with Gasteiger partial charge in [-0.2, -0.15) is 0 Å². The Kier molecular flexibility index (Phi) is 5.97. The molecular weight excluding hydrogens is 398 g/mol. The fraction of sp³-hybridized carbons (Fsp3) is 0.263. The van der Waals surface area contributed by atoms with E-state index in [0.29, 0.717) is 23.0 Å². The zero-order chi connectivity index (χ0) is 20.3. The molecule has 0 aliphatic rings. The van der Waals surface area contributed by atoms with Gasteiger partial charge < -0.3 is 9.73 Å². The van der Waals surface area contributed by atoms with E-state index in [9.17, 15) is 13.2 Å². The normalized spacial score (nSPS) is 11.7. The molecule has 148 valence electrons. The van der Waals surface area contributed by atoms with Gasteiger partial charge in [0.1, 0.15) is 5.76 Å². The van der Waals surface area contributed by atoms with Crippen LogP contribution in [0.2, 0.25) is 0 Å². The van der Waals surface area contributed by atoms with Crippen LogP contribution in [0.25, 0.3) is 10.8 Å². The highest BCUT2D eigenvalue weighted by molar-refractivity contribution is 7.89. The van der Waals surface area contributed by atoms with E-state index in [1.165, 1.54) is 23.5 Å². The standard InChI is InChI=1S/C19H21N3O4S2/c1-12(2)22-28(24,25)15-8-6-14(7-9-15)20-18(23)11-16-13(3)26-19(21-16)17-5-4-10-27-17/h4-10,12,22H,11H2,1-3H3,(H,20,23). The lowest BCUT2D eigenvalue weighted by Gasteiger charge is -2.10. The molecule has 3 rings (SSSR count). The highest BCUT2D eigenvalue weighted by Gasteiger charge is 2.17. The third kappa shape index (κ3) is 4.86. The number of benzene rings is 1. The number of sulfonamides is 1. The predicted molar refractivity (Wildman–Crippen MR) is 109 cm³/mol. The number of carbonyl (C=O) groups is 1. The van der Waals surface area contributed by atoms with Crippen LogP contribution in [0.5, 0.6) is 0 Å². The van der Waals surface area contributed by atoms with Crippen LogP contribution in [0, 0.1) is 6.92 Å². The van der Waals surface area contributed by atoms with Crippen molar-refractivity contribution in [1.82, 2.24) is 9.71 Å². The molecule has 0 unspecified atom stereocenters. The molecule has 0 atom stereocenters. The number of nitrogens with one attached hydrogen (secondary N) is 2. The number of anilines is 1. The minimum absolute atomic E-state index is 0.0651. The van der Waals surface area contributed by atoms with E-state index in [1.54, 1.807) is 32.9 Å². The monoisotopic (exact) mass is 419 g/mol.